The number of rotatable bonds is 3. The van der Waals surface area contributed by atoms with E-state index >= 15 is 0 Å². The zero-order valence-corrected chi connectivity index (χ0v) is 10.2. The van der Waals surface area contributed by atoms with Crippen molar-refractivity contribution in [3.05, 3.63) is 41.2 Å². The van der Waals surface area contributed by atoms with Crippen molar-refractivity contribution in [1.82, 2.24) is 4.98 Å². The summed E-state index contributed by atoms with van der Waals surface area (Å²) in [6.07, 6.45) is 0.810. The van der Waals surface area contributed by atoms with E-state index in [-0.39, 0.29) is 5.13 Å². The molecule has 0 amide bonds. The predicted octanol–water partition coefficient (Wildman–Crippen LogP) is 2.36. The fraction of sp³-hybridized carbons (Fsp3) is 0. The summed E-state index contributed by atoms with van der Waals surface area (Å²) >= 11 is 0.435. The monoisotopic (exact) mass is 294 g/mol. The molecule has 4 nitrogen and oxygen atoms in total. The highest BCUT2D eigenvalue weighted by Gasteiger charge is 2.21. The number of benzene rings is 1. The van der Waals surface area contributed by atoms with E-state index in [1.165, 1.54) is 0 Å². The van der Waals surface area contributed by atoms with Crippen molar-refractivity contribution in [3.63, 3.8) is 0 Å². The minimum Gasteiger partial charge on any atom is -0.254 e. The lowest BCUT2D eigenvalue weighted by Gasteiger charge is -2.05. The van der Waals surface area contributed by atoms with Gasteiger partial charge in [0.2, 0.25) is 0 Å². The van der Waals surface area contributed by atoms with Crippen LogP contribution in [0.2, 0.25) is 0 Å². The molecule has 0 saturated heterocycles. The van der Waals surface area contributed by atoms with Gasteiger partial charge in [0.15, 0.2) is 10.3 Å². The van der Waals surface area contributed by atoms with Crippen LogP contribution < -0.4 is 4.72 Å². The Bertz CT molecular complexity index is 685. The van der Waals surface area contributed by atoms with Gasteiger partial charge >= 0.3 is 0 Å². The zero-order chi connectivity index (χ0) is 13.3. The predicted molar refractivity (Wildman–Crippen MR) is 59.2 cm³/mol. The first kappa shape index (κ1) is 12.8. The van der Waals surface area contributed by atoms with Gasteiger partial charge in [0.05, 0.1) is 6.20 Å². The molecular weight excluding hydrogens is 289 g/mol. The maximum Gasteiger partial charge on any atom is 0.266 e. The third-order valence-electron chi connectivity index (χ3n) is 1.88. The van der Waals surface area contributed by atoms with E-state index in [9.17, 15) is 21.6 Å². The molecule has 0 aliphatic carbocycles. The van der Waals surface area contributed by atoms with Crippen molar-refractivity contribution >= 4 is 26.5 Å². The number of hydrogen-bond donors (Lipinski definition) is 1. The molecular formula is C9H5F3N2O2S2. The van der Waals surface area contributed by atoms with Crippen molar-refractivity contribution < 1.29 is 21.6 Å². The van der Waals surface area contributed by atoms with E-state index in [0.717, 1.165) is 12.3 Å². The first-order valence-electron chi connectivity index (χ1n) is 4.48. The lowest BCUT2D eigenvalue weighted by molar-refractivity contribution is 0.555. The van der Waals surface area contributed by atoms with Crippen LogP contribution in [0.1, 0.15) is 0 Å². The number of sulfonamides is 1. The van der Waals surface area contributed by atoms with Crippen molar-refractivity contribution in [2.75, 3.05) is 4.72 Å². The smallest absolute Gasteiger partial charge is 0.254 e. The minimum absolute atomic E-state index is 0.267. The van der Waals surface area contributed by atoms with Gasteiger partial charge in [-0.1, -0.05) is 11.3 Å². The van der Waals surface area contributed by atoms with E-state index in [0.29, 0.717) is 23.5 Å². The Balaban J connectivity index is 2.39. The number of nitrogens with zero attached hydrogens (tertiary/aromatic N) is 1. The van der Waals surface area contributed by atoms with E-state index in [1.54, 1.807) is 0 Å². The Kier molecular flexibility index (Phi) is 3.26. The summed E-state index contributed by atoms with van der Waals surface area (Å²) in [6, 6.07) is 2.01. The fourth-order valence-electron chi connectivity index (χ4n) is 1.15. The Hall–Kier alpha value is -1.61. The Morgan fingerprint density at radius 2 is 1.94 bits per heavy atom. The van der Waals surface area contributed by atoms with Gasteiger partial charge in [0, 0.05) is 0 Å². The third kappa shape index (κ3) is 2.62. The molecule has 96 valence electrons. The zero-order valence-electron chi connectivity index (χ0n) is 8.52. The third-order valence-corrected chi connectivity index (χ3v) is 4.07. The molecule has 0 radical (unpaired) electrons. The second-order valence-corrected chi connectivity index (χ2v) is 5.78. The van der Waals surface area contributed by atoms with Crippen LogP contribution in [0.5, 0.6) is 0 Å². The molecule has 0 bridgehead atoms. The van der Waals surface area contributed by atoms with Gasteiger partial charge in [0.25, 0.3) is 10.0 Å². The molecule has 0 unspecified atom stereocenters. The summed E-state index contributed by atoms with van der Waals surface area (Å²) in [5.41, 5.74) is 0. The van der Waals surface area contributed by atoms with Gasteiger partial charge in [-0.3, -0.25) is 4.72 Å². The summed E-state index contributed by atoms with van der Waals surface area (Å²) in [4.78, 5) is 2.55. The van der Waals surface area contributed by atoms with Crippen molar-refractivity contribution in [3.8, 4) is 0 Å². The highest BCUT2D eigenvalue weighted by Crippen LogP contribution is 2.22. The number of anilines is 1. The number of halogens is 3. The topological polar surface area (TPSA) is 59.1 Å². The lowest BCUT2D eigenvalue weighted by atomic mass is 10.3. The average molecular weight is 294 g/mol. The van der Waals surface area contributed by atoms with Crippen LogP contribution in [-0.2, 0) is 10.0 Å². The van der Waals surface area contributed by atoms with Gasteiger partial charge in [-0.2, -0.15) is 4.39 Å². The maximum absolute atomic E-state index is 13.3. The molecule has 1 N–H and O–H groups in total. The molecule has 0 aliphatic rings. The van der Waals surface area contributed by atoms with E-state index < -0.39 is 31.7 Å². The van der Waals surface area contributed by atoms with Crippen molar-refractivity contribution in [2.24, 2.45) is 0 Å². The Morgan fingerprint density at radius 3 is 2.56 bits per heavy atom. The Morgan fingerprint density at radius 1 is 1.22 bits per heavy atom. The maximum atomic E-state index is 13.3. The summed E-state index contributed by atoms with van der Waals surface area (Å²) in [6.45, 7) is 0. The largest absolute Gasteiger partial charge is 0.266 e. The first-order valence-corrected chi connectivity index (χ1v) is 6.77. The number of nitrogens with one attached hydrogen (secondary N) is 1. The van der Waals surface area contributed by atoms with Crippen LogP contribution in [0.15, 0.2) is 29.3 Å². The van der Waals surface area contributed by atoms with E-state index in [2.05, 4.69) is 4.98 Å². The van der Waals surface area contributed by atoms with Crippen LogP contribution in [0.25, 0.3) is 0 Å². The molecule has 18 heavy (non-hydrogen) atoms. The van der Waals surface area contributed by atoms with Crippen LogP contribution >= 0.6 is 11.3 Å². The second-order valence-electron chi connectivity index (χ2n) is 3.15. The molecule has 0 fully saturated rings. The van der Waals surface area contributed by atoms with Crippen molar-refractivity contribution in [1.29, 1.82) is 0 Å². The molecule has 9 heteroatoms. The van der Waals surface area contributed by atoms with Gasteiger partial charge < -0.3 is 0 Å². The molecule has 0 spiro atoms. The SMILES string of the molecule is O=S(=O)(Nc1ncc(F)s1)c1cc(F)ccc1F. The van der Waals surface area contributed by atoms with Crippen LogP contribution in [0.3, 0.4) is 0 Å². The minimum atomic E-state index is -4.34. The van der Waals surface area contributed by atoms with E-state index in [1.807, 2.05) is 4.72 Å². The fourth-order valence-corrected chi connectivity index (χ4v) is 3.03. The normalized spacial score (nSPS) is 11.5. The number of aromatic nitrogens is 1. The highest BCUT2D eigenvalue weighted by molar-refractivity contribution is 7.93. The first-order chi connectivity index (χ1) is 8.38. The van der Waals surface area contributed by atoms with Crippen LogP contribution in [0, 0.1) is 16.8 Å². The lowest BCUT2D eigenvalue weighted by Crippen LogP contribution is -2.14. The molecule has 2 rings (SSSR count). The molecule has 2 aromatic rings. The van der Waals surface area contributed by atoms with E-state index in [4.69, 9.17) is 0 Å². The Labute approximate surface area is 104 Å². The summed E-state index contributed by atoms with van der Waals surface area (Å²) < 4.78 is 64.1. The van der Waals surface area contributed by atoms with Crippen LogP contribution in [-0.4, -0.2) is 13.4 Å². The van der Waals surface area contributed by atoms with Gasteiger partial charge in [0.1, 0.15) is 16.5 Å². The molecule has 0 aliphatic heterocycles. The van der Waals surface area contributed by atoms with Gasteiger partial charge in [-0.15, -0.1) is 0 Å². The summed E-state index contributed by atoms with van der Waals surface area (Å²) in [5.74, 6) is -2.01. The molecule has 1 aromatic carbocycles. The average Bonchev–Trinajstić information content (AvgIpc) is 2.66. The van der Waals surface area contributed by atoms with Crippen LogP contribution in [0.4, 0.5) is 18.3 Å². The molecule has 0 saturated carbocycles. The summed E-state index contributed by atoms with van der Waals surface area (Å²) in [7, 11) is -4.34. The standard InChI is InChI=1S/C9H5F3N2O2S2/c10-5-1-2-6(11)7(3-5)18(15,16)14-9-13-4-8(12)17-9/h1-4H,(H,13,14). The second kappa shape index (κ2) is 4.58. The molecule has 1 heterocycles. The quantitative estimate of drug-likeness (QED) is 0.945. The molecule has 1 aromatic heterocycles. The van der Waals surface area contributed by atoms with Gasteiger partial charge in [-0.25, -0.2) is 22.2 Å². The molecule has 0 atom stereocenters. The number of hydrogen-bond acceptors (Lipinski definition) is 4. The van der Waals surface area contributed by atoms with Gasteiger partial charge in [-0.05, 0) is 18.2 Å². The summed E-state index contributed by atoms with van der Waals surface area (Å²) in [5, 5.41) is -0.969. The number of thiazole rings is 1. The highest BCUT2D eigenvalue weighted by atomic mass is 32.2. The van der Waals surface area contributed by atoms with Crippen molar-refractivity contribution in [2.45, 2.75) is 4.90 Å².